The van der Waals surface area contributed by atoms with E-state index in [1.807, 2.05) is 6.08 Å². The van der Waals surface area contributed by atoms with Gasteiger partial charge in [-0.2, -0.15) is 0 Å². The molecule has 1 aromatic rings. The van der Waals surface area contributed by atoms with Gasteiger partial charge in [0, 0.05) is 11.8 Å². The minimum absolute atomic E-state index is 0.00977. The minimum atomic E-state index is -0.131. The molecular weight excluding hydrogens is 192 g/mol. The highest BCUT2D eigenvalue weighted by atomic mass is 16.3. The molecule has 0 aliphatic heterocycles. The Kier molecular flexibility index (Phi) is 2.67. The van der Waals surface area contributed by atoms with Gasteiger partial charge in [0.2, 0.25) is 0 Å². The zero-order chi connectivity index (χ0) is 10.7. The fraction of sp³-hybridized carbons (Fsp3) is 0.273. The maximum atomic E-state index is 11.7. The average molecular weight is 204 g/mol. The highest BCUT2D eigenvalue weighted by Gasteiger charge is 2.14. The summed E-state index contributed by atoms with van der Waals surface area (Å²) in [4.78, 5) is 15.4. The summed E-state index contributed by atoms with van der Waals surface area (Å²) in [5, 5.41) is 12.1. The number of aromatic nitrogens is 1. The van der Waals surface area contributed by atoms with Gasteiger partial charge in [0.25, 0.3) is 5.91 Å². The zero-order valence-electron chi connectivity index (χ0n) is 8.23. The van der Waals surface area contributed by atoms with Gasteiger partial charge in [-0.3, -0.25) is 9.78 Å². The first kappa shape index (κ1) is 9.71. The summed E-state index contributed by atoms with van der Waals surface area (Å²) in [6, 6.07) is 1.57. The number of nitrogens with one attached hydrogen (secondary N) is 1. The number of allylic oxidation sites excluding steroid dienone is 1. The number of pyridine rings is 1. The highest BCUT2D eigenvalue weighted by Crippen LogP contribution is 2.23. The molecule has 2 N–H and O–H groups in total. The number of rotatable bonds is 2. The lowest BCUT2D eigenvalue weighted by Gasteiger charge is -2.06. The summed E-state index contributed by atoms with van der Waals surface area (Å²) in [5.41, 5.74) is 1.20. The van der Waals surface area contributed by atoms with Gasteiger partial charge in [0.15, 0.2) is 5.75 Å². The van der Waals surface area contributed by atoms with Crippen molar-refractivity contribution in [2.75, 3.05) is 5.32 Å². The Bertz CT molecular complexity index is 413. The lowest BCUT2D eigenvalue weighted by molar-refractivity contribution is -0.112. The largest absolute Gasteiger partial charge is 0.504 e. The van der Waals surface area contributed by atoms with E-state index in [1.165, 1.54) is 12.4 Å². The van der Waals surface area contributed by atoms with E-state index < -0.39 is 0 Å². The molecule has 0 fully saturated rings. The van der Waals surface area contributed by atoms with E-state index >= 15 is 0 Å². The second kappa shape index (κ2) is 4.13. The molecule has 1 aromatic heterocycles. The monoisotopic (exact) mass is 204 g/mol. The Labute approximate surface area is 87.7 Å². The van der Waals surface area contributed by atoms with E-state index in [9.17, 15) is 9.90 Å². The molecule has 0 atom stereocenters. The number of hydrogen-bond donors (Lipinski definition) is 2. The molecule has 1 aliphatic rings. The number of aromatic hydroxyl groups is 1. The molecule has 2 rings (SSSR count). The van der Waals surface area contributed by atoms with Crippen LogP contribution in [0.4, 0.5) is 5.69 Å². The molecule has 0 radical (unpaired) electrons. The molecule has 0 spiro atoms. The van der Waals surface area contributed by atoms with Crippen molar-refractivity contribution in [3.05, 3.63) is 30.1 Å². The first-order valence-corrected chi connectivity index (χ1v) is 4.91. The van der Waals surface area contributed by atoms with Gasteiger partial charge in [-0.25, -0.2) is 0 Å². The first-order chi connectivity index (χ1) is 7.27. The number of anilines is 1. The van der Waals surface area contributed by atoms with Crippen molar-refractivity contribution in [2.24, 2.45) is 0 Å². The summed E-state index contributed by atoms with van der Waals surface area (Å²) in [6.45, 7) is 0. The van der Waals surface area contributed by atoms with Gasteiger partial charge < -0.3 is 10.4 Å². The second-order valence-corrected chi connectivity index (χ2v) is 3.47. The highest BCUT2D eigenvalue weighted by molar-refractivity contribution is 6.04. The zero-order valence-corrected chi connectivity index (χ0v) is 8.23. The number of carbonyl (C=O) groups is 1. The van der Waals surface area contributed by atoms with Crippen molar-refractivity contribution < 1.29 is 9.90 Å². The summed E-state index contributed by atoms with van der Waals surface area (Å²) < 4.78 is 0. The average Bonchev–Trinajstić information content (AvgIpc) is 2.74. The lowest BCUT2D eigenvalue weighted by Crippen LogP contribution is -2.13. The number of hydrogen-bond acceptors (Lipinski definition) is 3. The van der Waals surface area contributed by atoms with E-state index in [4.69, 9.17) is 0 Å². The second-order valence-electron chi connectivity index (χ2n) is 3.47. The summed E-state index contributed by atoms with van der Waals surface area (Å²) in [6.07, 6.45) is 7.58. The lowest BCUT2D eigenvalue weighted by atomic mass is 10.2. The number of nitrogens with zero attached hydrogens (tertiary/aromatic N) is 1. The Morgan fingerprint density at radius 1 is 1.53 bits per heavy atom. The quantitative estimate of drug-likeness (QED) is 0.772. The van der Waals surface area contributed by atoms with Gasteiger partial charge >= 0.3 is 0 Å². The third-order valence-electron chi connectivity index (χ3n) is 2.38. The predicted octanol–water partition coefficient (Wildman–Crippen LogP) is 1.84. The van der Waals surface area contributed by atoms with Gasteiger partial charge in [0.1, 0.15) is 0 Å². The molecule has 0 bridgehead atoms. The molecule has 0 unspecified atom stereocenters. The van der Waals surface area contributed by atoms with Gasteiger partial charge in [-0.1, -0.05) is 6.08 Å². The van der Waals surface area contributed by atoms with Gasteiger partial charge in [-0.15, -0.1) is 0 Å². The third-order valence-corrected chi connectivity index (χ3v) is 2.38. The fourth-order valence-corrected chi connectivity index (χ4v) is 1.57. The van der Waals surface area contributed by atoms with Crippen LogP contribution in [-0.4, -0.2) is 16.0 Å². The third kappa shape index (κ3) is 2.15. The van der Waals surface area contributed by atoms with Crippen molar-refractivity contribution in [3.63, 3.8) is 0 Å². The van der Waals surface area contributed by atoms with Gasteiger partial charge in [0.05, 0.1) is 11.9 Å². The van der Waals surface area contributed by atoms with E-state index in [0.717, 1.165) is 24.8 Å². The van der Waals surface area contributed by atoms with Crippen LogP contribution in [-0.2, 0) is 4.79 Å². The molecule has 78 valence electrons. The first-order valence-electron chi connectivity index (χ1n) is 4.91. The van der Waals surface area contributed by atoms with E-state index in [1.54, 1.807) is 6.07 Å². The molecule has 4 nitrogen and oxygen atoms in total. The van der Waals surface area contributed by atoms with Crippen molar-refractivity contribution in [3.8, 4) is 5.75 Å². The summed E-state index contributed by atoms with van der Waals surface area (Å²) >= 11 is 0. The van der Waals surface area contributed by atoms with Crippen molar-refractivity contribution in [2.45, 2.75) is 19.3 Å². The van der Waals surface area contributed by atoms with Crippen LogP contribution >= 0.6 is 0 Å². The summed E-state index contributed by atoms with van der Waals surface area (Å²) in [7, 11) is 0. The van der Waals surface area contributed by atoms with Crippen LogP contribution in [0.25, 0.3) is 0 Å². The van der Waals surface area contributed by atoms with Gasteiger partial charge in [-0.05, 0) is 25.3 Å². The molecule has 4 heteroatoms. The van der Waals surface area contributed by atoms with Crippen LogP contribution < -0.4 is 5.32 Å². The van der Waals surface area contributed by atoms with Crippen molar-refractivity contribution in [1.82, 2.24) is 4.98 Å². The molecule has 0 aromatic carbocycles. The number of amides is 1. The van der Waals surface area contributed by atoms with Crippen LogP contribution in [0.3, 0.4) is 0 Å². The fourth-order valence-electron chi connectivity index (χ4n) is 1.57. The van der Waals surface area contributed by atoms with Crippen LogP contribution in [0.2, 0.25) is 0 Å². The molecule has 1 aliphatic carbocycles. The van der Waals surface area contributed by atoms with Crippen molar-refractivity contribution in [1.29, 1.82) is 0 Å². The molecule has 1 heterocycles. The SMILES string of the molecule is O=C(Nc1ccncc1O)C1=CCCC1. The minimum Gasteiger partial charge on any atom is -0.504 e. The molecule has 1 amide bonds. The summed E-state index contributed by atoms with van der Waals surface area (Å²) in [5.74, 6) is -0.140. The van der Waals surface area contributed by atoms with E-state index in [0.29, 0.717) is 5.69 Å². The maximum Gasteiger partial charge on any atom is 0.251 e. The molecule has 0 saturated carbocycles. The van der Waals surface area contributed by atoms with E-state index in [2.05, 4.69) is 10.3 Å². The Morgan fingerprint density at radius 2 is 2.40 bits per heavy atom. The topological polar surface area (TPSA) is 62.2 Å². The smallest absolute Gasteiger partial charge is 0.251 e. The molecule has 15 heavy (non-hydrogen) atoms. The normalized spacial score (nSPS) is 14.8. The van der Waals surface area contributed by atoms with Crippen LogP contribution in [0, 0.1) is 0 Å². The Hall–Kier alpha value is -1.84. The molecule has 0 saturated heterocycles. The maximum absolute atomic E-state index is 11.7. The predicted molar refractivity (Wildman–Crippen MR) is 56.5 cm³/mol. The number of carbonyl (C=O) groups excluding carboxylic acids is 1. The van der Waals surface area contributed by atoms with Crippen molar-refractivity contribution >= 4 is 11.6 Å². The Morgan fingerprint density at radius 3 is 3.07 bits per heavy atom. The van der Waals surface area contributed by atoms with E-state index in [-0.39, 0.29) is 11.7 Å². The molecular formula is C11H12N2O2. The van der Waals surface area contributed by atoms with Crippen LogP contribution in [0.1, 0.15) is 19.3 Å². The standard InChI is InChI=1S/C11H12N2O2/c14-10-7-12-6-5-9(10)13-11(15)8-3-1-2-4-8/h3,5-7,14H,1-2,4H2,(H,12,13,15). The van der Waals surface area contributed by atoms with Crippen LogP contribution in [0.15, 0.2) is 30.1 Å². The van der Waals surface area contributed by atoms with Crippen LogP contribution in [0.5, 0.6) is 5.75 Å². The Balaban J connectivity index is 2.09.